The average molecular weight is 303 g/mol. The molecule has 112 valence electrons. The van der Waals surface area contributed by atoms with Gasteiger partial charge in [0.05, 0.1) is 16.6 Å². The van der Waals surface area contributed by atoms with Crippen molar-refractivity contribution in [2.24, 2.45) is 0 Å². The van der Waals surface area contributed by atoms with Gasteiger partial charge in [0.15, 0.2) is 0 Å². The lowest BCUT2D eigenvalue weighted by molar-refractivity contribution is 0.342. The lowest BCUT2D eigenvalue weighted by Gasteiger charge is -2.08. The van der Waals surface area contributed by atoms with E-state index in [4.69, 9.17) is 10.5 Å². The first-order valence-electron chi connectivity index (χ1n) is 7.03. The molecule has 0 bridgehead atoms. The van der Waals surface area contributed by atoms with E-state index < -0.39 is 10.8 Å². The van der Waals surface area contributed by atoms with E-state index in [9.17, 15) is 4.21 Å². The molecule has 0 aromatic heterocycles. The van der Waals surface area contributed by atoms with Crippen LogP contribution >= 0.6 is 0 Å². The van der Waals surface area contributed by atoms with Gasteiger partial charge in [-0.1, -0.05) is 26.0 Å². The van der Waals surface area contributed by atoms with Crippen LogP contribution in [0.3, 0.4) is 0 Å². The van der Waals surface area contributed by atoms with Crippen LogP contribution in [0.15, 0.2) is 53.4 Å². The molecular weight excluding hydrogens is 282 g/mol. The number of nitrogens with two attached hydrogens (primary N) is 1. The van der Waals surface area contributed by atoms with Crippen molar-refractivity contribution in [1.82, 2.24) is 0 Å². The molecule has 3 nitrogen and oxygen atoms in total. The maximum Gasteiger partial charge on any atom is 0.119 e. The van der Waals surface area contributed by atoms with Crippen LogP contribution in [-0.2, 0) is 10.8 Å². The molecule has 0 spiro atoms. The zero-order valence-corrected chi connectivity index (χ0v) is 13.2. The van der Waals surface area contributed by atoms with Crippen LogP contribution in [0.5, 0.6) is 5.75 Å². The van der Waals surface area contributed by atoms with E-state index >= 15 is 0 Å². The van der Waals surface area contributed by atoms with Crippen LogP contribution in [-0.4, -0.2) is 16.6 Å². The molecule has 0 amide bonds. The second-order valence-electron chi connectivity index (χ2n) is 5.19. The third-order valence-corrected chi connectivity index (χ3v) is 4.56. The number of hydrogen-bond donors (Lipinski definition) is 1. The zero-order valence-electron chi connectivity index (χ0n) is 12.4. The minimum absolute atomic E-state index is 0.419. The lowest BCUT2D eigenvalue weighted by Crippen LogP contribution is -2.08. The van der Waals surface area contributed by atoms with Gasteiger partial charge in [-0.15, -0.1) is 0 Å². The molecule has 0 saturated heterocycles. The molecule has 2 N–H and O–H groups in total. The van der Waals surface area contributed by atoms with Crippen LogP contribution in [0.2, 0.25) is 0 Å². The van der Waals surface area contributed by atoms with Gasteiger partial charge in [-0.05, 0) is 47.9 Å². The van der Waals surface area contributed by atoms with Gasteiger partial charge >= 0.3 is 0 Å². The molecule has 0 heterocycles. The van der Waals surface area contributed by atoms with Gasteiger partial charge in [-0.25, -0.2) is 0 Å². The molecule has 0 saturated carbocycles. The molecule has 2 aromatic carbocycles. The van der Waals surface area contributed by atoms with Gasteiger partial charge in [0.1, 0.15) is 12.4 Å². The fourth-order valence-corrected chi connectivity index (χ4v) is 2.83. The summed E-state index contributed by atoms with van der Waals surface area (Å²) in [6, 6.07) is 15.2. The van der Waals surface area contributed by atoms with Crippen LogP contribution in [0.25, 0.3) is 0 Å². The highest BCUT2D eigenvalue weighted by atomic mass is 32.2. The van der Waals surface area contributed by atoms with Gasteiger partial charge in [-0.2, -0.15) is 0 Å². The van der Waals surface area contributed by atoms with Crippen molar-refractivity contribution in [3.8, 4) is 5.75 Å². The summed E-state index contributed by atoms with van der Waals surface area (Å²) in [6.45, 7) is 4.71. The topological polar surface area (TPSA) is 52.3 Å². The van der Waals surface area contributed by atoms with Crippen molar-refractivity contribution in [2.45, 2.75) is 24.7 Å². The zero-order chi connectivity index (χ0) is 15.2. The molecule has 0 aliphatic rings. The van der Waals surface area contributed by atoms with Gasteiger partial charge in [0.2, 0.25) is 0 Å². The van der Waals surface area contributed by atoms with Crippen LogP contribution in [0.1, 0.15) is 25.3 Å². The molecular formula is C17H21NO2S. The monoisotopic (exact) mass is 303 g/mol. The molecule has 21 heavy (non-hydrogen) atoms. The highest BCUT2D eigenvalue weighted by Crippen LogP contribution is 2.17. The van der Waals surface area contributed by atoms with E-state index in [2.05, 4.69) is 13.8 Å². The molecule has 2 rings (SSSR count). The predicted molar refractivity (Wildman–Crippen MR) is 88.2 cm³/mol. The number of anilines is 1. The highest BCUT2D eigenvalue weighted by molar-refractivity contribution is 7.85. The molecule has 1 atom stereocenters. The Hall–Kier alpha value is -1.81. The molecule has 1 unspecified atom stereocenters. The summed E-state index contributed by atoms with van der Waals surface area (Å²) in [5.74, 6) is 1.71. The Balaban J connectivity index is 1.85. The second-order valence-corrected chi connectivity index (χ2v) is 6.76. The van der Waals surface area contributed by atoms with E-state index in [-0.39, 0.29) is 0 Å². The highest BCUT2D eigenvalue weighted by Gasteiger charge is 2.05. The van der Waals surface area contributed by atoms with Crippen molar-refractivity contribution in [2.75, 3.05) is 18.1 Å². The fraction of sp³-hybridized carbons (Fsp3) is 0.294. The molecule has 0 fully saturated rings. The van der Waals surface area contributed by atoms with E-state index in [0.29, 0.717) is 24.0 Å². The van der Waals surface area contributed by atoms with Crippen molar-refractivity contribution >= 4 is 16.5 Å². The predicted octanol–water partition coefficient (Wildman–Crippen LogP) is 3.58. The first kappa shape index (κ1) is 15.6. The molecule has 2 aromatic rings. The van der Waals surface area contributed by atoms with Gasteiger partial charge in [-0.3, -0.25) is 4.21 Å². The normalized spacial score (nSPS) is 12.3. The Bertz CT molecular complexity index is 591. The third kappa shape index (κ3) is 4.60. The standard InChI is InChI=1S/C17H21NO2S/c1-13(2)14-3-9-17(10-4-14)21(19)12-11-20-16-7-5-15(18)6-8-16/h3-10,13H,11-12,18H2,1-2H3. The second kappa shape index (κ2) is 7.27. The Morgan fingerprint density at radius 2 is 1.67 bits per heavy atom. The Labute approximate surface area is 128 Å². The smallest absolute Gasteiger partial charge is 0.119 e. The third-order valence-electron chi connectivity index (χ3n) is 3.23. The van der Waals surface area contributed by atoms with Crippen molar-refractivity contribution < 1.29 is 8.95 Å². The maximum atomic E-state index is 12.2. The quantitative estimate of drug-likeness (QED) is 0.830. The molecule has 0 aliphatic heterocycles. The fourth-order valence-electron chi connectivity index (χ4n) is 1.92. The first-order chi connectivity index (χ1) is 10.1. The minimum Gasteiger partial charge on any atom is -0.493 e. The summed E-state index contributed by atoms with van der Waals surface area (Å²) in [7, 11) is -1.03. The van der Waals surface area contributed by atoms with Crippen LogP contribution in [0.4, 0.5) is 5.69 Å². The van der Waals surface area contributed by atoms with E-state index in [1.807, 2.05) is 36.4 Å². The van der Waals surface area contributed by atoms with Crippen molar-refractivity contribution in [3.63, 3.8) is 0 Å². The summed E-state index contributed by atoms with van der Waals surface area (Å²) < 4.78 is 17.7. The summed E-state index contributed by atoms with van der Waals surface area (Å²) in [5, 5.41) is 0. The van der Waals surface area contributed by atoms with Crippen LogP contribution in [0, 0.1) is 0 Å². The summed E-state index contributed by atoms with van der Waals surface area (Å²) in [6.07, 6.45) is 0. The largest absolute Gasteiger partial charge is 0.493 e. The van der Waals surface area contributed by atoms with Gasteiger partial charge in [0.25, 0.3) is 0 Å². The average Bonchev–Trinajstić information content (AvgIpc) is 2.49. The van der Waals surface area contributed by atoms with Crippen molar-refractivity contribution in [3.05, 3.63) is 54.1 Å². The van der Waals surface area contributed by atoms with Crippen LogP contribution < -0.4 is 10.5 Å². The lowest BCUT2D eigenvalue weighted by atomic mass is 10.0. The number of hydrogen-bond acceptors (Lipinski definition) is 3. The molecule has 0 aliphatic carbocycles. The Morgan fingerprint density at radius 3 is 2.24 bits per heavy atom. The van der Waals surface area contributed by atoms with E-state index in [1.54, 1.807) is 12.1 Å². The van der Waals surface area contributed by atoms with E-state index in [0.717, 1.165) is 10.6 Å². The maximum absolute atomic E-state index is 12.2. The SMILES string of the molecule is CC(C)c1ccc(S(=O)CCOc2ccc(N)cc2)cc1. The molecule has 0 radical (unpaired) electrons. The molecule has 4 heteroatoms. The van der Waals surface area contributed by atoms with Crippen molar-refractivity contribution in [1.29, 1.82) is 0 Å². The summed E-state index contributed by atoms with van der Waals surface area (Å²) >= 11 is 0. The Kier molecular flexibility index (Phi) is 5.39. The Morgan fingerprint density at radius 1 is 1.05 bits per heavy atom. The van der Waals surface area contributed by atoms with E-state index in [1.165, 1.54) is 5.56 Å². The number of nitrogen functional groups attached to an aromatic ring is 1. The summed E-state index contributed by atoms with van der Waals surface area (Å²) in [4.78, 5) is 0.848. The first-order valence-corrected chi connectivity index (χ1v) is 8.35. The summed E-state index contributed by atoms with van der Waals surface area (Å²) in [5.41, 5.74) is 7.57. The number of rotatable bonds is 6. The number of ether oxygens (including phenoxy) is 1. The number of benzene rings is 2. The van der Waals surface area contributed by atoms with Gasteiger partial charge < -0.3 is 10.5 Å². The minimum atomic E-state index is -1.03. The van der Waals surface area contributed by atoms with Gasteiger partial charge in [0, 0.05) is 10.6 Å².